The molecule has 0 aliphatic rings. The van der Waals surface area contributed by atoms with Crippen molar-refractivity contribution in [3.63, 3.8) is 0 Å². The zero-order valence-electron chi connectivity index (χ0n) is 32.1. The summed E-state index contributed by atoms with van der Waals surface area (Å²) in [6.07, 6.45) is 43.7. The maximum Gasteiger partial charge on any atom is 0.472 e. The molecule has 0 saturated heterocycles. The van der Waals surface area contributed by atoms with Gasteiger partial charge in [-0.05, 0) is 77.0 Å². The number of rotatable bonds is 32. The van der Waals surface area contributed by atoms with E-state index >= 15 is 0 Å². The van der Waals surface area contributed by atoms with Gasteiger partial charge in [-0.2, -0.15) is 0 Å². The molecule has 0 aromatic carbocycles. The number of aliphatic hydroxyl groups excluding tert-OH is 1. The first-order valence-electron chi connectivity index (χ1n) is 19.0. The Morgan fingerprint density at radius 3 is 1.80 bits per heavy atom. The topological polar surface area (TPSA) is 105 Å². The normalized spacial score (nSPS) is 15.6. The predicted octanol–water partition coefficient (Wildman–Crippen LogP) is 9.85. The zero-order valence-corrected chi connectivity index (χ0v) is 33.0. The number of quaternary nitrogens is 1. The summed E-state index contributed by atoms with van der Waals surface area (Å²) in [4.78, 5) is 23.0. The Balaban J connectivity index is 4.63. The number of phosphoric acid groups is 1. The second kappa shape index (κ2) is 32.6. The molecule has 8 nitrogen and oxygen atoms in total. The number of aliphatic hydroxyl groups is 1. The van der Waals surface area contributed by atoms with Gasteiger partial charge in [0.05, 0.1) is 39.9 Å². The van der Waals surface area contributed by atoms with Crippen LogP contribution in [0.3, 0.4) is 0 Å². The van der Waals surface area contributed by atoms with Gasteiger partial charge in [-0.3, -0.25) is 13.8 Å². The third-order valence-electron chi connectivity index (χ3n) is 7.56. The van der Waals surface area contributed by atoms with E-state index in [-0.39, 0.29) is 19.1 Å². The van der Waals surface area contributed by atoms with E-state index in [4.69, 9.17) is 9.05 Å². The van der Waals surface area contributed by atoms with E-state index in [9.17, 15) is 19.4 Å². The highest BCUT2D eigenvalue weighted by molar-refractivity contribution is 7.47. The van der Waals surface area contributed by atoms with Crippen molar-refractivity contribution in [2.24, 2.45) is 0 Å². The molecule has 50 heavy (non-hydrogen) atoms. The van der Waals surface area contributed by atoms with E-state index in [1.54, 1.807) is 6.08 Å². The molecule has 1 amide bonds. The molecule has 286 valence electrons. The summed E-state index contributed by atoms with van der Waals surface area (Å²) in [5.74, 6) is -0.223. The van der Waals surface area contributed by atoms with Crippen LogP contribution < -0.4 is 5.32 Å². The van der Waals surface area contributed by atoms with Crippen LogP contribution in [0.5, 0.6) is 0 Å². The van der Waals surface area contributed by atoms with Crippen LogP contribution in [-0.2, 0) is 18.4 Å². The number of carbonyl (C=O) groups excluding carboxylic acids is 1. The van der Waals surface area contributed by atoms with Crippen molar-refractivity contribution in [1.82, 2.24) is 5.32 Å². The molecule has 0 radical (unpaired) electrons. The van der Waals surface area contributed by atoms with Crippen LogP contribution in [0.25, 0.3) is 0 Å². The van der Waals surface area contributed by atoms with E-state index in [0.29, 0.717) is 17.4 Å². The molecule has 0 spiro atoms. The lowest BCUT2D eigenvalue weighted by atomic mass is 10.1. The second-order valence-electron chi connectivity index (χ2n) is 13.5. The molecular formula is C41H72N2O6P+. The van der Waals surface area contributed by atoms with Crippen molar-refractivity contribution < 1.29 is 32.9 Å². The van der Waals surface area contributed by atoms with E-state index in [2.05, 4.69) is 92.1 Å². The predicted molar refractivity (Wildman–Crippen MR) is 212 cm³/mol. The molecule has 0 aliphatic heterocycles. The number of carbonyl (C=O) groups is 1. The van der Waals surface area contributed by atoms with Crippen molar-refractivity contribution in [3.05, 3.63) is 85.1 Å². The van der Waals surface area contributed by atoms with Gasteiger partial charge in [0.2, 0.25) is 5.91 Å². The molecular weight excluding hydrogens is 647 g/mol. The van der Waals surface area contributed by atoms with Crippen molar-refractivity contribution in [2.45, 2.75) is 129 Å². The molecule has 9 heteroatoms. The summed E-state index contributed by atoms with van der Waals surface area (Å²) in [5, 5.41) is 13.7. The van der Waals surface area contributed by atoms with Gasteiger partial charge in [-0.25, -0.2) is 4.57 Å². The van der Waals surface area contributed by atoms with E-state index in [1.165, 1.54) is 6.42 Å². The number of nitrogens with zero attached hydrogens (tertiary/aromatic N) is 1. The second-order valence-corrected chi connectivity index (χ2v) is 15.0. The molecule has 0 aliphatic carbocycles. The molecule has 3 N–H and O–H groups in total. The third kappa shape index (κ3) is 34.1. The lowest BCUT2D eigenvalue weighted by Gasteiger charge is -2.25. The van der Waals surface area contributed by atoms with Crippen LogP contribution in [0.4, 0.5) is 0 Å². The molecule has 0 aromatic rings. The SMILES string of the molecule is CC/C=C\C/C=C\C/C=C\C/C=C\CCCCCCC(=O)NC(COP(=O)(O)OCC[N+](C)(C)C)C(O)/C=C/CC/C=C/CC/C=C/CCC. The maximum absolute atomic E-state index is 12.8. The molecule has 0 aromatic heterocycles. The van der Waals surface area contributed by atoms with Crippen LogP contribution in [0.15, 0.2) is 85.1 Å². The minimum Gasteiger partial charge on any atom is -0.387 e. The zero-order chi connectivity index (χ0) is 37.2. The summed E-state index contributed by atoms with van der Waals surface area (Å²) in [6.45, 7) is 4.53. The van der Waals surface area contributed by atoms with Gasteiger partial charge in [-0.1, -0.05) is 118 Å². The van der Waals surface area contributed by atoms with E-state index in [0.717, 1.165) is 89.9 Å². The van der Waals surface area contributed by atoms with Gasteiger partial charge in [-0.15, -0.1) is 0 Å². The molecule has 3 atom stereocenters. The summed E-state index contributed by atoms with van der Waals surface area (Å²) in [7, 11) is 1.51. The first-order chi connectivity index (χ1) is 24.0. The van der Waals surface area contributed by atoms with Crippen molar-refractivity contribution in [1.29, 1.82) is 0 Å². The van der Waals surface area contributed by atoms with Crippen LogP contribution in [0.2, 0.25) is 0 Å². The number of likely N-dealkylation sites (N-methyl/N-ethyl adjacent to an activating group) is 1. The monoisotopic (exact) mass is 720 g/mol. The Labute approximate surface area is 306 Å². The number of unbranched alkanes of at least 4 members (excludes halogenated alkanes) is 7. The van der Waals surface area contributed by atoms with E-state index in [1.807, 2.05) is 27.2 Å². The highest BCUT2D eigenvalue weighted by Crippen LogP contribution is 2.43. The Bertz CT molecular complexity index is 1090. The number of hydrogen-bond acceptors (Lipinski definition) is 5. The fourth-order valence-corrected chi connectivity index (χ4v) is 5.27. The lowest BCUT2D eigenvalue weighted by molar-refractivity contribution is -0.870. The number of amides is 1. The van der Waals surface area contributed by atoms with Gasteiger partial charge >= 0.3 is 7.82 Å². The summed E-state index contributed by atoms with van der Waals surface area (Å²) in [6, 6.07) is -0.884. The Kier molecular flexibility index (Phi) is 31.1. The highest BCUT2D eigenvalue weighted by atomic mass is 31.2. The Morgan fingerprint density at radius 1 is 0.700 bits per heavy atom. The van der Waals surface area contributed by atoms with Crippen LogP contribution >= 0.6 is 7.82 Å². The van der Waals surface area contributed by atoms with Gasteiger partial charge in [0, 0.05) is 6.42 Å². The first kappa shape index (κ1) is 47.7. The number of phosphoric ester groups is 1. The fraction of sp³-hybridized carbons (Fsp3) is 0.634. The van der Waals surface area contributed by atoms with Crippen LogP contribution in [0, 0.1) is 0 Å². The summed E-state index contributed by atoms with van der Waals surface area (Å²) < 4.78 is 23.4. The van der Waals surface area contributed by atoms with Crippen molar-refractivity contribution in [2.75, 3.05) is 40.9 Å². The van der Waals surface area contributed by atoms with Gasteiger partial charge in [0.1, 0.15) is 13.2 Å². The standard InChI is InChI=1S/C41H71N2O6P/c1-6-8-10-12-14-16-18-19-20-21-22-23-25-27-29-31-33-35-41(45)42-39(38-49-50(46,47)48-37-36-43(3,4)5)40(44)34-32-30-28-26-24-17-15-13-11-9-7-2/h8,10-11,13-14,16,19-20,22-24,26,32,34,39-40,44H,6-7,9,12,15,17-18,21,25,27-31,33,35-38H2,1-5H3,(H-,42,45,46,47)/p+1/b10-8-,13-11+,16-14-,20-19-,23-22-,26-24+,34-32+. The quantitative estimate of drug-likeness (QED) is 0.0277. The van der Waals surface area contributed by atoms with Crippen molar-refractivity contribution >= 4 is 13.7 Å². The Morgan fingerprint density at radius 2 is 1.22 bits per heavy atom. The first-order valence-corrected chi connectivity index (χ1v) is 20.5. The maximum atomic E-state index is 12.8. The number of allylic oxidation sites excluding steroid dienone is 13. The van der Waals surface area contributed by atoms with Gasteiger partial charge in [0.25, 0.3) is 0 Å². The fourth-order valence-electron chi connectivity index (χ4n) is 4.54. The number of hydrogen-bond donors (Lipinski definition) is 3. The van der Waals surface area contributed by atoms with Crippen LogP contribution in [-0.4, -0.2) is 73.4 Å². The smallest absolute Gasteiger partial charge is 0.387 e. The average molecular weight is 720 g/mol. The molecule has 0 heterocycles. The van der Waals surface area contributed by atoms with Gasteiger partial charge in [0.15, 0.2) is 0 Å². The third-order valence-corrected chi connectivity index (χ3v) is 8.54. The minimum absolute atomic E-state index is 0.0432. The molecule has 0 saturated carbocycles. The summed E-state index contributed by atoms with van der Waals surface area (Å²) >= 11 is 0. The highest BCUT2D eigenvalue weighted by Gasteiger charge is 2.27. The molecule has 3 unspecified atom stereocenters. The summed E-state index contributed by atoms with van der Waals surface area (Å²) in [5.41, 5.74) is 0. The largest absolute Gasteiger partial charge is 0.472 e. The minimum atomic E-state index is -4.35. The van der Waals surface area contributed by atoms with Crippen LogP contribution in [0.1, 0.15) is 117 Å². The Hall–Kier alpha value is -2.32. The lowest BCUT2D eigenvalue weighted by Crippen LogP contribution is -2.45. The van der Waals surface area contributed by atoms with Gasteiger partial charge < -0.3 is 19.8 Å². The average Bonchev–Trinajstić information content (AvgIpc) is 3.06. The molecule has 0 fully saturated rings. The molecule has 0 rings (SSSR count). The number of nitrogens with one attached hydrogen (secondary N) is 1. The van der Waals surface area contributed by atoms with E-state index < -0.39 is 20.0 Å². The van der Waals surface area contributed by atoms with Crippen molar-refractivity contribution in [3.8, 4) is 0 Å². The molecule has 0 bridgehead atoms.